The van der Waals surface area contributed by atoms with E-state index in [2.05, 4.69) is 0 Å². The Morgan fingerprint density at radius 1 is 1.50 bits per heavy atom. The lowest BCUT2D eigenvalue weighted by Crippen LogP contribution is -1.95. The van der Waals surface area contributed by atoms with E-state index in [1.165, 1.54) is 12.1 Å². The van der Waals surface area contributed by atoms with Gasteiger partial charge in [0.2, 0.25) is 0 Å². The maximum Gasteiger partial charge on any atom is 0.271 e. The number of nitrogens with two attached hydrogens (primary N) is 1. The van der Waals surface area contributed by atoms with E-state index in [4.69, 9.17) is 16.5 Å². The van der Waals surface area contributed by atoms with E-state index in [-0.39, 0.29) is 5.69 Å². The standard InChI is InChI=1S/C8H10N2O2.N2/c1-2-6-3-4-7(10(11)12)5-8(6)9;1-2/h3-5H,2,9H2,1H3;. The van der Waals surface area contributed by atoms with Crippen molar-refractivity contribution in [3.05, 3.63) is 33.9 Å². The maximum absolute atomic E-state index is 10.3. The topological polar surface area (TPSA) is 117 Å². The number of nitro groups is 1. The number of nitrogen functional groups attached to an aromatic ring is 1. The van der Waals surface area contributed by atoms with Gasteiger partial charge in [-0.05, 0) is 12.0 Å². The van der Waals surface area contributed by atoms with Gasteiger partial charge >= 0.3 is 0 Å². The first-order valence-corrected chi connectivity index (χ1v) is 3.88. The minimum Gasteiger partial charge on any atom is -0.398 e. The van der Waals surface area contributed by atoms with Crippen LogP contribution in [0.5, 0.6) is 0 Å². The van der Waals surface area contributed by atoms with E-state index < -0.39 is 4.92 Å². The summed E-state index contributed by atoms with van der Waals surface area (Å²) in [7, 11) is 0. The molecule has 0 spiro atoms. The van der Waals surface area contributed by atoms with Crippen LogP contribution in [-0.2, 0) is 6.42 Å². The molecule has 0 saturated carbocycles. The molecule has 0 amide bonds. The molecule has 0 bridgehead atoms. The SMILES string of the molecule is CCc1ccc([N+](=O)[O-])cc1N.N#N. The zero-order valence-corrected chi connectivity index (χ0v) is 7.67. The van der Waals surface area contributed by atoms with E-state index in [1.807, 2.05) is 6.92 Å². The van der Waals surface area contributed by atoms with Gasteiger partial charge in [-0.3, -0.25) is 10.1 Å². The summed E-state index contributed by atoms with van der Waals surface area (Å²) in [5, 5.41) is 22.3. The smallest absolute Gasteiger partial charge is 0.271 e. The van der Waals surface area contributed by atoms with Crippen LogP contribution in [0.1, 0.15) is 12.5 Å². The van der Waals surface area contributed by atoms with Crippen molar-refractivity contribution in [1.82, 2.24) is 0 Å². The van der Waals surface area contributed by atoms with Gasteiger partial charge in [-0.1, -0.05) is 13.0 Å². The molecule has 0 unspecified atom stereocenters. The fourth-order valence-corrected chi connectivity index (χ4v) is 1.02. The molecule has 74 valence electrons. The predicted octanol–water partition coefficient (Wildman–Crippen LogP) is 1.77. The third-order valence-corrected chi connectivity index (χ3v) is 1.72. The first kappa shape index (κ1) is 11.8. The lowest BCUT2D eigenvalue weighted by molar-refractivity contribution is -0.384. The first-order valence-electron chi connectivity index (χ1n) is 3.88. The van der Waals surface area contributed by atoms with Gasteiger partial charge in [-0.2, -0.15) is 0 Å². The van der Waals surface area contributed by atoms with Crippen molar-refractivity contribution >= 4 is 11.4 Å². The average Bonchev–Trinajstić information content (AvgIpc) is 2.20. The van der Waals surface area contributed by atoms with Crippen LogP contribution in [0.2, 0.25) is 0 Å². The minimum atomic E-state index is -0.449. The molecule has 0 radical (unpaired) electrons. The molecule has 0 aliphatic heterocycles. The quantitative estimate of drug-likeness (QED) is 0.333. The molecule has 6 heteroatoms. The molecule has 0 aliphatic rings. The number of non-ortho nitro benzene ring substituents is 1. The number of hydrogen-bond donors (Lipinski definition) is 1. The summed E-state index contributed by atoms with van der Waals surface area (Å²) in [6, 6.07) is 4.54. The van der Waals surface area contributed by atoms with Crippen LogP contribution in [0.25, 0.3) is 0 Å². The van der Waals surface area contributed by atoms with Crippen molar-refractivity contribution in [3.63, 3.8) is 0 Å². The van der Waals surface area contributed by atoms with Crippen molar-refractivity contribution in [2.24, 2.45) is 0 Å². The highest BCUT2D eigenvalue weighted by Gasteiger charge is 2.06. The van der Waals surface area contributed by atoms with E-state index in [1.54, 1.807) is 6.07 Å². The Balaban J connectivity index is 0.000000791. The molecule has 2 N–H and O–H groups in total. The predicted molar refractivity (Wildman–Crippen MR) is 50.3 cm³/mol. The molecule has 0 aliphatic carbocycles. The summed E-state index contributed by atoms with van der Waals surface area (Å²) in [5.41, 5.74) is 7.05. The van der Waals surface area contributed by atoms with Gasteiger partial charge in [0.05, 0.1) is 4.92 Å². The van der Waals surface area contributed by atoms with E-state index in [9.17, 15) is 10.1 Å². The third kappa shape index (κ3) is 2.71. The molecule has 6 nitrogen and oxygen atoms in total. The summed E-state index contributed by atoms with van der Waals surface area (Å²) in [6.07, 6.45) is 0.795. The van der Waals surface area contributed by atoms with E-state index >= 15 is 0 Å². The van der Waals surface area contributed by atoms with Gasteiger partial charge in [0.25, 0.3) is 5.69 Å². The zero-order valence-electron chi connectivity index (χ0n) is 7.67. The number of nitro benzene ring substituents is 1. The summed E-state index contributed by atoms with van der Waals surface area (Å²) in [5.74, 6) is 0. The Morgan fingerprint density at radius 3 is 2.43 bits per heavy atom. The van der Waals surface area contributed by atoms with Crippen molar-refractivity contribution in [3.8, 4) is 0 Å². The molecule has 14 heavy (non-hydrogen) atoms. The average molecular weight is 194 g/mol. The van der Waals surface area contributed by atoms with Crippen LogP contribution in [-0.4, -0.2) is 4.92 Å². The van der Waals surface area contributed by atoms with Gasteiger partial charge in [-0.15, -0.1) is 0 Å². The second-order valence-corrected chi connectivity index (χ2v) is 2.49. The first-order chi connectivity index (χ1) is 6.65. The molecule has 0 saturated heterocycles. The number of hydrogen-bond acceptors (Lipinski definition) is 5. The summed E-state index contributed by atoms with van der Waals surface area (Å²) < 4.78 is 0. The Labute approximate surface area is 80.9 Å². The van der Waals surface area contributed by atoms with Crippen LogP contribution in [0, 0.1) is 20.9 Å². The molecule has 0 fully saturated rings. The molecule has 1 rings (SSSR count). The molecule has 0 atom stereocenters. The monoisotopic (exact) mass is 194 g/mol. The fraction of sp³-hybridized carbons (Fsp3) is 0.250. The number of aryl methyl sites for hydroxylation is 1. The highest BCUT2D eigenvalue weighted by molar-refractivity contribution is 5.53. The molecule has 1 aromatic carbocycles. The summed E-state index contributed by atoms with van der Waals surface area (Å²) in [6.45, 7) is 1.96. The van der Waals surface area contributed by atoms with Gasteiger partial charge in [-0.25, -0.2) is 0 Å². The second-order valence-electron chi connectivity index (χ2n) is 2.49. The molecule has 1 aromatic rings. The van der Waals surface area contributed by atoms with Crippen molar-refractivity contribution in [1.29, 1.82) is 10.8 Å². The lowest BCUT2D eigenvalue weighted by atomic mass is 10.1. The Morgan fingerprint density at radius 2 is 2.07 bits per heavy atom. The number of anilines is 1. The lowest BCUT2D eigenvalue weighted by Gasteiger charge is -2.00. The number of nitrogens with zero attached hydrogens (tertiary/aromatic N) is 3. The van der Waals surface area contributed by atoms with Gasteiger partial charge < -0.3 is 5.73 Å². The molecular formula is C8H10N4O2. The number of rotatable bonds is 2. The van der Waals surface area contributed by atoms with E-state index in [0.29, 0.717) is 5.69 Å². The highest BCUT2D eigenvalue weighted by Crippen LogP contribution is 2.19. The van der Waals surface area contributed by atoms with Crippen molar-refractivity contribution in [2.45, 2.75) is 13.3 Å². The maximum atomic E-state index is 10.3. The third-order valence-electron chi connectivity index (χ3n) is 1.72. The summed E-state index contributed by atoms with van der Waals surface area (Å²) >= 11 is 0. The molecule has 0 aromatic heterocycles. The van der Waals surface area contributed by atoms with E-state index in [0.717, 1.165) is 12.0 Å². The largest absolute Gasteiger partial charge is 0.398 e. The van der Waals surface area contributed by atoms with Gasteiger partial charge in [0.1, 0.15) is 0 Å². The van der Waals surface area contributed by atoms with Gasteiger partial charge in [0, 0.05) is 28.6 Å². The minimum absolute atomic E-state index is 0.0460. The molecule has 0 heterocycles. The van der Waals surface area contributed by atoms with Crippen LogP contribution in [0.15, 0.2) is 18.2 Å². The van der Waals surface area contributed by atoms with Gasteiger partial charge in [0.15, 0.2) is 0 Å². The van der Waals surface area contributed by atoms with Crippen LogP contribution in [0.3, 0.4) is 0 Å². The fourth-order valence-electron chi connectivity index (χ4n) is 1.02. The van der Waals surface area contributed by atoms with Crippen LogP contribution in [0.4, 0.5) is 11.4 Å². The zero-order chi connectivity index (χ0) is 11.1. The summed E-state index contributed by atoms with van der Waals surface area (Å²) in [4.78, 5) is 9.85. The Hall–Kier alpha value is -2.16. The Bertz CT molecular complexity index is 348. The normalized spacial score (nSPS) is 8.50. The number of benzene rings is 1. The van der Waals surface area contributed by atoms with Crippen molar-refractivity contribution in [2.75, 3.05) is 5.73 Å². The van der Waals surface area contributed by atoms with Crippen molar-refractivity contribution < 1.29 is 4.92 Å². The molecular weight excluding hydrogens is 184 g/mol. The highest BCUT2D eigenvalue weighted by atomic mass is 16.6. The Kier molecular flexibility index (Phi) is 4.63. The second kappa shape index (κ2) is 5.48. The van der Waals surface area contributed by atoms with Crippen LogP contribution >= 0.6 is 0 Å². The van der Waals surface area contributed by atoms with Crippen LogP contribution < -0.4 is 5.73 Å².